The van der Waals surface area contributed by atoms with Crippen molar-refractivity contribution in [3.8, 4) is 12.3 Å². The van der Waals surface area contributed by atoms with Gasteiger partial charge in [0, 0.05) is 0 Å². The quantitative estimate of drug-likeness (QED) is 0.741. The lowest BCUT2D eigenvalue weighted by molar-refractivity contribution is 0.280. The van der Waals surface area contributed by atoms with Crippen LogP contribution in [0.15, 0.2) is 10.5 Å². The number of rotatable bonds is 6. The Morgan fingerprint density at radius 1 is 1.56 bits per heavy atom. The fraction of sp³-hybridized carbons (Fsp3) is 0.538. The number of furan rings is 1. The van der Waals surface area contributed by atoms with Crippen molar-refractivity contribution in [1.29, 1.82) is 0 Å². The van der Waals surface area contributed by atoms with Crippen molar-refractivity contribution in [3.63, 3.8) is 0 Å². The number of hydrogen-bond acceptors (Lipinski definition) is 3. The first kappa shape index (κ1) is 12.8. The van der Waals surface area contributed by atoms with E-state index < -0.39 is 0 Å². The Hall–Kier alpha value is -1.24. The number of nitrogens with one attached hydrogen (secondary N) is 1. The Labute approximate surface area is 97.8 Å². The van der Waals surface area contributed by atoms with Crippen molar-refractivity contribution < 1.29 is 4.42 Å². The Balaban J connectivity index is 2.66. The monoisotopic (exact) mass is 220 g/mol. The highest BCUT2D eigenvalue weighted by molar-refractivity contribution is 5.20. The molecule has 0 aliphatic carbocycles. The number of aryl methyl sites for hydroxylation is 1. The average Bonchev–Trinajstić information content (AvgIpc) is 2.59. The molecule has 0 aromatic carbocycles. The average molecular weight is 220 g/mol. The highest BCUT2D eigenvalue weighted by Crippen LogP contribution is 2.16. The third-order valence-corrected chi connectivity index (χ3v) is 2.55. The van der Waals surface area contributed by atoms with Gasteiger partial charge in [0.05, 0.1) is 19.6 Å². The summed E-state index contributed by atoms with van der Waals surface area (Å²) in [4.78, 5) is 2.17. The van der Waals surface area contributed by atoms with Gasteiger partial charge >= 0.3 is 0 Å². The van der Waals surface area contributed by atoms with Crippen molar-refractivity contribution in [1.82, 2.24) is 10.2 Å². The van der Waals surface area contributed by atoms with Gasteiger partial charge in [-0.3, -0.25) is 4.90 Å². The summed E-state index contributed by atoms with van der Waals surface area (Å²) in [5.41, 5.74) is 1.20. The van der Waals surface area contributed by atoms with Gasteiger partial charge in [0.1, 0.15) is 11.5 Å². The first-order valence-electron chi connectivity index (χ1n) is 5.59. The highest BCUT2D eigenvalue weighted by atomic mass is 16.3. The van der Waals surface area contributed by atoms with E-state index in [1.807, 2.05) is 7.05 Å². The first-order chi connectivity index (χ1) is 7.71. The van der Waals surface area contributed by atoms with Gasteiger partial charge in [-0.05, 0) is 32.1 Å². The van der Waals surface area contributed by atoms with E-state index in [4.69, 9.17) is 10.8 Å². The van der Waals surface area contributed by atoms with E-state index in [1.165, 1.54) is 5.56 Å². The summed E-state index contributed by atoms with van der Waals surface area (Å²) >= 11 is 0. The zero-order valence-electron chi connectivity index (χ0n) is 10.3. The Kier molecular flexibility index (Phi) is 5.10. The fourth-order valence-corrected chi connectivity index (χ4v) is 1.63. The lowest BCUT2D eigenvalue weighted by Gasteiger charge is -2.15. The van der Waals surface area contributed by atoms with Gasteiger partial charge in [0.2, 0.25) is 0 Å². The molecule has 0 fully saturated rings. The molecule has 0 unspecified atom stereocenters. The zero-order valence-corrected chi connectivity index (χ0v) is 10.3. The van der Waals surface area contributed by atoms with Gasteiger partial charge in [-0.2, -0.15) is 0 Å². The molecule has 1 heterocycles. The molecule has 3 heteroatoms. The van der Waals surface area contributed by atoms with E-state index >= 15 is 0 Å². The summed E-state index contributed by atoms with van der Waals surface area (Å²) in [5, 5.41) is 3.09. The smallest absolute Gasteiger partial charge is 0.120 e. The molecule has 1 aromatic rings. The molecule has 0 aliphatic rings. The summed E-state index contributed by atoms with van der Waals surface area (Å²) in [6.45, 7) is 7.32. The second-order valence-corrected chi connectivity index (χ2v) is 3.86. The van der Waals surface area contributed by atoms with E-state index in [0.29, 0.717) is 6.54 Å². The van der Waals surface area contributed by atoms with E-state index in [-0.39, 0.29) is 0 Å². The van der Waals surface area contributed by atoms with E-state index in [1.54, 1.807) is 0 Å². The summed E-state index contributed by atoms with van der Waals surface area (Å²) < 4.78 is 5.76. The Morgan fingerprint density at radius 3 is 2.88 bits per heavy atom. The van der Waals surface area contributed by atoms with Crippen molar-refractivity contribution in [3.05, 3.63) is 23.2 Å². The van der Waals surface area contributed by atoms with Gasteiger partial charge in [0.15, 0.2) is 0 Å². The van der Waals surface area contributed by atoms with Gasteiger partial charge in [0.25, 0.3) is 0 Å². The van der Waals surface area contributed by atoms with Crippen molar-refractivity contribution in [2.75, 3.05) is 20.1 Å². The Bertz CT molecular complexity index is 362. The molecule has 0 amide bonds. The summed E-state index contributed by atoms with van der Waals surface area (Å²) in [5.74, 6) is 4.65. The molecule has 0 atom stereocenters. The number of nitrogens with zero attached hydrogens (tertiary/aromatic N) is 1. The summed E-state index contributed by atoms with van der Waals surface area (Å²) in [6, 6.07) is 2.09. The summed E-state index contributed by atoms with van der Waals surface area (Å²) in [6.07, 6.45) is 5.31. The lowest BCUT2D eigenvalue weighted by atomic mass is 10.2. The van der Waals surface area contributed by atoms with Crippen LogP contribution in [0.5, 0.6) is 0 Å². The summed E-state index contributed by atoms with van der Waals surface area (Å²) in [7, 11) is 1.92. The molecule has 0 aliphatic heterocycles. The van der Waals surface area contributed by atoms with Crippen LogP contribution in [0, 0.1) is 19.3 Å². The molecule has 0 saturated carbocycles. The lowest BCUT2D eigenvalue weighted by Crippen LogP contribution is -2.22. The SMILES string of the molecule is C#CCN(CC)Cc1cc(C)c(CNC)o1. The maximum Gasteiger partial charge on any atom is 0.120 e. The van der Waals surface area contributed by atoms with Crippen molar-refractivity contribution >= 4 is 0 Å². The molecule has 1 aromatic heterocycles. The topological polar surface area (TPSA) is 28.4 Å². The normalized spacial score (nSPS) is 10.7. The van der Waals surface area contributed by atoms with Crippen LogP contribution in [-0.4, -0.2) is 25.0 Å². The molecule has 1 rings (SSSR count). The highest BCUT2D eigenvalue weighted by Gasteiger charge is 2.09. The second-order valence-electron chi connectivity index (χ2n) is 3.86. The molecule has 0 spiro atoms. The minimum absolute atomic E-state index is 0.664. The molecule has 0 radical (unpaired) electrons. The molecular weight excluding hydrogens is 200 g/mol. The largest absolute Gasteiger partial charge is 0.463 e. The van der Waals surface area contributed by atoms with Crippen LogP contribution in [-0.2, 0) is 13.1 Å². The van der Waals surface area contributed by atoms with Crippen LogP contribution in [0.4, 0.5) is 0 Å². The van der Waals surface area contributed by atoms with Gasteiger partial charge in [-0.25, -0.2) is 0 Å². The van der Waals surface area contributed by atoms with Crippen LogP contribution in [0.25, 0.3) is 0 Å². The molecule has 88 valence electrons. The molecule has 0 bridgehead atoms. The molecule has 16 heavy (non-hydrogen) atoms. The second kappa shape index (κ2) is 6.37. The van der Waals surface area contributed by atoms with Gasteiger partial charge in [-0.1, -0.05) is 12.8 Å². The van der Waals surface area contributed by atoms with Crippen LogP contribution >= 0.6 is 0 Å². The molecule has 3 nitrogen and oxygen atoms in total. The van der Waals surface area contributed by atoms with Crippen LogP contribution in [0.1, 0.15) is 24.0 Å². The minimum atomic E-state index is 0.664. The van der Waals surface area contributed by atoms with Crippen LogP contribution in [0.3, 0.4) is 0 Å². The molecule has 0 saturated heterocycles. The third-order valence-electron chi connectivity index (χ3n) is 2.55. The van der Waals surface area contributed by atoms with Gasteiger partial charge in [-0.15, -0.1) is 6.42 Å². The van der Waals surface area contributed by atoms with Crippen LogP contribution < -0.4 is 5.32 Å². The molecular formula is C13H20N2O. The number of terminal acetylenes is 1. The maximum absolute atomic E-state index is 5.76. The van der Waals surface area contributed by atoms with E-state index in [2.05, 4.69) is 36.1 Å². The van der Waals surface area contributed by atoms with E-state index in [0.717, 1.165) is 31.2 Å². The number of hydrogen-bond donors (Lipinski definition) is 1. The maximum atomic E-state index is 5.76. The molecule has 1 N–H and O–H groups in total. The van der Waals surface area contributed by atoms with E-state index in [9.17, 15) is 0 Å². The minimum Gasteiger partial charge on any atom is -0.463 e. The van der Waals surface area contributed by atoms with Gasteiger partial charge < -0.3 is 9.73 Å². The third kappa shape index (κ3) is 3.41. The predicted molar refractivity (Wildman–Crippen MR) is 66.0 cm³/mol. The van der Waals surface area contributed by atoms with Crippen molar-refractivity contribution in [2.45, 2.75) is 26.9 Å². The fourth-order valence-electron chi connectivity index (χ4n) is 1.63. The zero-order chi connectivity index (χ0) is 12.0. The Morgan fingerprint density at radius 2 is 2.31 bits per heavy atom. The van der Waals surface area contributed by atoms with Crippen LogP contribution in [0.2, 0.25) is 0 Å². The standard InChI is InChI=1S/C13H20N2O/c1-5-7-15(6-2)10-12-8-11(3)13(16-12)9-14-4/h1,8,14H,6-7,9-10H2,2-4H3. The predicted octanol–water partition coefficient (Wildman–Crippen LogP) is 1.76. The first-order valence-corrected chi connectivity index (χ1v) is 5.59. The van der Waals surface area contributed by atoms with Crippen molar-refractivity contribution in [2.24, 2.45) is 0 Å².